The van der Waals surface area contributed by atoms with E-state index < -0.39 is 12.1 Å². The second-order valence-electron chi connectivity index (χ2n) is 11.2. The average Bonchev–Trinajstić information content (AvgIpc) is 3.55. The van der Waals surface area contributed by atoms with Crippen LogP contribution in [-0.4, -0.2) is 117 Å². The monoisotopic (exact) mass is 558 g/mol. The Labute approximate surface area is 235 Å². The fraction of sp³-hybridized carbons (Fsp3) is 0.690. The average molecular weight is 559 g/mol. The van der Waals surface area contributed by atoms with Crippen LogP contribution in [0.1, 0.15) is 42.5 Å². The Bertz CT molecular complexity index is 1010. The lowest BCUT2D eigenvalue weighted by atomic mass is 9.83. The lowest BCUT2D eigenvalue weighted by molar-refractivity contribution is -0.139. The molecule has 1 aromatic rings. The van der Waals surface area contributed by atoms with Crippen molar-refractivity contribution in [2.24, 2.45) is 5.92 Å². The van der Waals surface area contributed by atoms with Gasteiger partial charge in [0, 0.05) is 57.6 Å². The molecule has 2 amide bonds. The lowest BCUT2D eigenvalue weighted by Gasteiger charge is -2.36. The van der Waals surface area contributed by atoms with Crippen molar-refractivity contribution in [1.29, 1.82) is 0 Å². The fourth-order valence-corrected chi connectivity index (χ4v) is 7.38. The van der Waals surface area contributed by atoms with Crippen LogP contribution in [0.2, 0.25) is 0 Å². The van der Waals surface area contributed by atoms with Gasteiger partial charge in [0.05, 0.1) is 18.0 Å². The van der Waals surface area contributed by atoms with E-state index in [1.807, 2.05) is 30.5 Å². The molecule has 0 spiro atoms. The predicted molar refractivity (Wildman–Crippen MR) is 152 cm³/mol. The van der Waals surface area contributed by atoms with E-state index in [2.05, 4.69) is 15.1 Å². The SMILES string of the molecule is COCCN1CCN(c2ccc(C(=O)N[C@H](C(=O)N3C[C@H](SC)[C@H]4OCC(=O)[C@H]43)C3CCCCC3)cc2)CC1. The number of fused-ring (bicyclic) bond motifs is 1. The maximum absolute atomic E-state index is 14.0. The Morgan fingerprint density at radius 2 is 1.82 bits per heavy atom. The lowest BCUT2D eigenvalue weighted by Crippen LogP contribution is -2.55. The van der Waals surface area contributed by atoms with Gasteiger partial charge in [0.25, 0.3) is 5.91 Å². The molecule has 0 radical (unpaired) electrons. The van der Waals surface area contributed by atoms with Crippen LogP contribution in [0.25, 0.3) is 0 Å². The molecular formula is C29H42N4O5S. The number of ether oxygens (including phenoxy) is 2. The molecule has 1 aromatic carbocycles. The molecule has 5 rings (SSSR count). The number of hydrogen-bond donors (Lipinski definition) is 1. The second kappa shape index (κ2) is 13.0. The van der Waals surface area contributed by atoms with Gasteiger partial charge in [-0.05, 0) is 49.3 Å². The Morgan fingerprint density at radius 3 is 2.49 bits per heavy atom. The summed E-state index contributed by atoms with van der Waals surface area (Å²) in [6, 6.07) is 6.54. The number of anilines is 1. The van der Waals surface area contributed by atoms with Gasteiger partial charge >= 0.3 is 0 Å². The summed E-state index contributed by atoms with van der Waals surface area (Å²) in [5, 5.41) is 3.18. The molecule has 1 aliphatic carbocycles. The Balaban J connectivity index is 1.26. The molecule has 3 saturated heterocycles. The number of carbonyl (C=O) groups is 3. The number of thioether (sulfide) groups is 1. The van der Waals surface area contributed by atoms with Crippen molar-refractivity contribution in [3.8, 4) is 0 Å². The molecule has 4 fully saturated rings. The Morgan fingerprint density at radius 1 is 1.10 bits per heavy atom. The van der Waals surface area contributed by atoms with Gasteiger partial charge in [-0.1, -0.05) is 19.3 Å². The van der Waals surface area contributed by atoms with E-state index in [0.717, 1.165) is 77.1 Å². The number of nitrogens with one attached hydrogen (secondary N) is 1. The molecule has 0 unspecified atom stereocenters. The van der Waals surface area contributed by atoms with Crippen LogP contribution in [0.4, 0.5) is 5.69 Å². The van der Waals surface area contributed by atoms with Crippen LogP contribution in [0.5, 0.6) is 0 Å². The molecule has 3 aliphatic heterocycles. The van der Waals surface area contributed by atoms with Crippen LogP contribution in [0.3, 0.4) is 0 Å². The number of benzene rings is 1. The van der Waals surface area contributed by atoms with Crippen LogP contribution in [-0.2, 0) is 19.1 Å². The number of methoxy groups -OCH3 is 1. The summed E-state index contributed by atoms with van der Waals surface area (Å²) < 4.78 is 11.0. The van der Waals surface area contributed by atoms with Crippen molar-refractivity contribution in [3.05, 3.63) is 29.8 Å². The van der Waals surface area contributed by atoms with Gasteiger partial charge in [0.1, 0.15) is 18.7 Å². The van der Waals surface area contributed by atoms with E-state index in [1.54, 1.807) is 23.8 Å². The number of amides is 2. The summed E-state index contributed by atoms with van der Waals surface area (Å²) in [5.74, 6) is -0.327. The van der Waals surface area contributed by atoms with Gasteiger partial charge in [0.2, 0.25) is 5.91 Å². The summed E-state index contributed by atoms with van der Waals surface area (Å²) in [4.78, 5) is 46.6. The first-order valence-electron chi connectivity index (χ1n) is 14.3. The molecule has 0 bridgehead atoms. The predicted octanol–water partition coefficient (Wildman–Crippen LogP) is 2.04. The Kier molecular flexibility index (Phi) is 9.48. The molecule has 39 heavy (non-hydrogen) atoms. The molecule has 9 nitrogen and oxygen atoms in total. The molecule has 4 aliphatic rings. The molecule has 4 atom stereocenters. The van der Waals surface area contributed by atoms with E-state index >= 15 is 0 Å². The molecular weight excluding hydrogens is 516 g/mol. The number of nitrogens with zero attached hydrogens (tertiary/aromatic N) is 3. The summed E-state index contributed by atoms with van der Waals surface area (Å²) >= 11 is 1.64. The number of likely N-dealkylation sites (tertiary alicyclic amines) is 1. The minimum atomic E-state index is -0.632. The summed E-state index contributed by atoms with van der Waals surface area (Å²) in [7, 11) is 1.73. The van der Waals surface area contributed by atoms with Crippen molar-refractivity contribution in [2.75, 3.05) is 70.7 Å². The van der Waals surface area contributed by atoms with Crippen LogP contribution >= 0.6 is 11.8 Å². The number of hydrogen-bond acceptors (Lipinski definition) is 8. The molecule has 1 saturated carbocycles. The highest BCUT2D eigenvalue weighted by Gasteiger charge is 2.53. The van der Waals surface area contributed by atoms with E-state index in [0.29, 0.717) is 12.1 Å². The maximum atomic E-state index is 14.0. The Hall–Kier alpha value is -2.14. The smallest absolute Gasteiger partial charge is 0.251 e. The minimum absolute atomic E-state index is 0.0336. The highest BCUT2D eigenvalue weighted by Crippen LogP contribution is 2.35. The highest BCUT2D eigenvalue weighted by molar-refractivity contribution is 7.99. The van der Waals surface area contributed by atoms with E-state index in [-0.39, 0.29) is 41.5 Å². The van der Waals surface area contributed by atoms with Gasteiger partial charge in [-0.3, -0.25) is 19.3 Å². The standard InChI is InChI=1S/C29H42N4O5S/c1-37-17-16-31-12-14-32(15-13-31)22-10-8-21(9-11-22)28(35)30-25(20-6-4-3-5-7-20)29(36)33-18-24(39-2)27-26(33)23(34)19-38-27/h8-11,20,24-27H,3-7,12-19H2,1-2H3,(H,30,35)/t24-,25-,26+,27+/m0/s1. The number of piperazine rings is 1. The zero-order valence-electron chi connectivity index (χ0n) is 23.2. The van der Waals surface area contributed by atoms with Gasteiger partial charge in [-0.25, -0.2) is 0 Å². The van der Waals surface area contributed by atoms with E-state index in [9.17, 15) is 14.4 Å². The van der Waals surface area contributed by atoms with Crippen molar-refractivity contribution < 1.29 is 23.9 Å². The largest absolute Gasteiger partial charge is 0.383 e. The quantitative estimate of drug-likeness (QED) is 0.493. The first-order chi connectivity index (χ1) is 19.0. The number of carbonyl (C=O) groups excluding carboxylic acids is 3. The van der Waals surface area contributed by atoms with Crippen molar-refractivity contribution in [3.63, 3.8) is 0 Å². The first-order valence-corrected chi connectivity index (χ1v) is 15.6. The summed E-state index contributed by atoms with van der Waals surface area (Å²) in [6.45, 7) is 6.08. The third-order valence-electron chi connectivity index (χ3n) is 8.88. The molecule has 10 heteroatoms. The van der Waals surface area contributed by atoms with Crippen LogP contribution in [0, 0.1) is 5.92 Å². The highest BCUT2D eigenvalue weighted by atomic mass is 32.2. The van der Waals surface area contributed by atoms with Gasteiger partial charge in [0.15, 0.2) is 5.78 Å². The maximum Gasteiger partial charge on any atom is 0.251 e. The normalized spacial score (nSPS) is 27.0. The molecule has 1 N–H and O–H groups in total. The van der Waals surface area contributed by atoms with E-state index in [1.165, 1.54) is 0 Å². The minimum Gasteiger partial charge on any atom is -0.383 e. The second-order valence-corrected chi connectivity index (χ2v) is 12.2. The summed E-state index contributed by atoms with van der Waals surface area (Å²) in [5.41, 5.74) is 1.65. The third kappa shape index (κ3) is 6.29. The molecule has 214 valence electrons. The molecule has 0 aromatic heterocycles. The first kappa shape index (κ1) is 28.4. The van der Waals surface area contributed by atoms with Crippen molar-refractivity contribution in [2.45, 2.75) is 55.5 Å². The topological polar surface area (TPSA) is 91.4 Å². The van der Waals surface area contributed by atoms with Crippen LogP contribution in [0.15, 0.2) is 24.3 Å². The van der Waals surface area contributed by atoms with Gasteiger partial charge in [-0.2, -0.15) is 11.8 Å². The molecule has 3 heterocycles. The fourth-order valence-electron chi connectivity index (χ4n) is 6.57. The van der Waals surface area contributed by atoms with Gasteiger partial charge in [-0.15, -0.1) is 0 Å². The van der Waals surface area contributed by atoms with Crippen molar-refractivity contribution >= 4 is 35.0 Å². The number of Topliss-reactive ketones (excluding diaryl/α,β-unsaturated/α-hetero) is 1. The summed E-state index contributed by atoms with van der Waals surface area (Å²) in [6.07, 6.45) is 6.82. The van der Waals surface area contributed by atoms with E-state index in [4.69, 9.17) is 9.47 Å². The van der Waals surface area contributed by atoms with Gasteiger partial charge < -0.3 is 24.6 Å². The zero-order chi connectivity index (χ0) is 27.4. The number of ketones is 1. The van der Waals surface area contributed by atoms with Crippen molar-refractivity contribution in [1.82, 2.24) is 15.1 Å². The van der Waals surface area contributed by atoms with Crippen LogP contribution < -0.4 is 10.2 Å². The zero-order valence-corrected chi connectivity index (χ0v) is 24.0. The number of rotatable bonds is 9. The third-order valence-corrected chi connectivity index (χ3v) is 9.90.